The van der Waals surface area contributed by atoms with Crippen molar-refractivity contribution in [2.45, 2.75) is 6.92 Å². The first-order valence-corrected chi connectivity index (χ1v) is 6.42. The number of pyridine rings is 1. The van der Waals surface area contributed by atoms with Crippen LogP contribution in [0.25, 0.3) is 22.4 Å². The van der Waals surface area contributed by atoms with E-state index >= 15 is 0 Å². The fourth-order valence-corrected chi connectivity index (χ4v) is 2.23. The Labute approximate surface area is 113 Å². The van der Waals surface area contributed by atoms with Crippen molar-refractivity contribution in [3.05, 3.63) is 78.5 Å². The fraction of sp³-hybridized carbons (Fsp3) is 0.0556. The van der Waals surface area contributed by atoms with Gasteiger partial charge in [0.05, 0.1) is 5.69 Å². The summed E-state index contributed by atoms with van der Waals surface area (Å²) in [6.45, 7) is 2.13. The predicted molar refractivity (Wildman–Crippen MR) is 79.8 cm³/mol. The van der Waals surface area contributed by atoms with Gasteiger partial charge in [-0.2, -0.15) is 0 Å². The summed E-state index contributed by atoms with van der Waals surface area (Å²) >= 11 is 0. The lowest BCUT2D eigenvalue weighted by atomic mass is 10.0. The summed E-state index contributed by atoms with van der Waals surface area (Å²) < 4.78 is 0. The van der Waals surface area contributed by atoms with Crippen LogP contribution in [0.5, 0.6) is 0 Å². The van der Waals surface area contributed by atoms with E-state index in [9.17, 15) is 0 Å². The first-order valence-electron chi connectivity index (χ1n) is 6.42. The van der Waals surface area contributed by atoms with Crippen LogP contribution in [0.1, 0.15) is 5.56 Å². The summed E-state index contributed by atoms with van der Waals surface area (Å²) in [4.78, 5) is 4.57. The SMILES string of the molecule is Cc1ccccc1-c1ccc(-c2ccccc2)nc1. The Morgan fingerprint density at radius 2 is 1.42 bits per heavy atom. The first-order chi connectivity index (χ1) is 9.34. The van der Waals surface area contributed by atoms with Gasteiger partial charge in [0.25, 0.3) is 0 Å². The molecule has 0 aliphatic rings. The van der Waals surface area contributed by atoms with Gasteiger partial charge in [0.1, 0.15) is 0 Å². The number of nitrogens with zero attached hydrogens (tertiary/aromatic N) is 1. The highest BCUT2D eigenvalue weighted by Crippen LogP contribution is 2.24. The Morgan fingerprint density at radius 3 is 2.11 bits per heavy atom. The molecule has 0 bridgehead atoms. The van der Waals surface area contributed by atoms with E-state index in [0.29, 0.717) is 0 Å². The third-order valence-corrected chi connectivity index (χ3v) is 3.29. The summed E-state index contributed by atoms with van der Waals surface area (Å²) in [6, 6.07) is 22.8. The minimum atomic E-state index is 1.01. The van der Waals surface area contributed by atoms with Crippen molar-refractivity contribution < 1.29 is 0 Å². The highest BCUT2D eigenvalue weighted by molar-refractivity contribution is 5.69. The largest absolute Gasteiger partial charge is 0.256 e. The van der Waals surface area contributed by atoms with E-state index in [4.69, 9.17) is 0 Å². The van der Waals surface area contributed by atoms with Crippen LogP contribution >= 0.6 is 0 Å². The summed E-state index contributed by atoms with van der Waals surface area (Å²) in [7, 11) is 0. The number of benzene rings is 2. The highest BCUT2D eigenvalue weighted by Gasteiger charge is 2.02. The van der Waals surface area contributed by atoms with Gasteiger partial charge in [-0.1, -0.05) is 60.7 Å². The Balaban J connectivity index is 1.98. The van der Waals surface area contributed by atoms with Gasteiger partial charge in [-0.15, -0.1) is 0 Å². The van der Waals surface area contributed by atoms with Crippen molar-refractivity contribution in [2.24, 2.45) is 0 Å². The second kappa shape index (κ2) is 5.07. The Kier molecular flexibility index (Phi) is 3.11. The van der Waals surface area contributed by atoms with E-state index in [1.807, 2.05) is 24.4 Å². The summed E-state index contributed by atoms with van der Waals surface area (Å²) in [5.74, 6) is 0. The monoisotopic (exact) mass is 245 g/mol. The molecule has 19 heavy (non-hydrogen) atoms. The third-order valence-electron chi connectivity index (χ3n) is 3.29. The standard InChI is InChI=1S/C18H15N/c1-14-7-5-6-10-17(14)16-11-12-18(19-13-16)15-8-3-2-4-9-15/h2-13H,1H3. The van der Waals surface area contributed by atoms with Crippen molar-refractivity contribution in [2.75, 3.05) is 0 Å². The zero-order chi connectivity index (χ0) is 13.1. The summed E-state index contributed by atoms with van der Waals surface area (Å²) in [5.41, 5.74) is 5.85. The first kappa shape index (κ1) is 11.7. The minimum absolute atomic E-state index is 1.01. The normalized spacial score (nSPS) is 10.4. The highest BCUT2D eigenvalue weighted by atomic mass is 14.7. The molecular formula is C18H15N. The van der Waals surface area contributed by atoms with Crippen LogP contribution in [0, 0.1) is 6.92 Å². The van der Waals surface area contributed by atoms with Crippen molar-refractivity contribution >= 4 is 0 Å². The number of rotatable bonds is 2. The van der Waals surface area contributed by atoms with Gasteiger partial charge in [-0.05, 0) is 24.1 Å². The molecule has 0 aliphatic heterocycles. The van der Waals surface area contributed by atoms with Crippen molar-refractivity contribution in [1.82, 2.24) is 4.98 Å². The molecule has 0 spiro atoms. The molecule has 2 aromatic carbocycles. The summed E-state index contributed by atoms with van der Waals surface area (Å²) in [5, 5.41) is 0. The molecule has 0 amide bonds. The average Bonchev–Trinajstić information content (AvgIpc) is 2.49. The molecule has 3 rings (SSSR count). The number of aromatic nitrogens is 1. The molecule has 1 heterocycles. The quantitative estimate of drug-likeness (QED) is 0.636. The molecular weight excluding hydrogens is 230 g/mol. The average molecular weight is 245 g/mol. The zero-order valence-corrected chi connectivity index (χ0v) is 10.9. The van der Waals surface area contributed by atoms with Crippen LogP contribution in [0.3, 0.4) is 0 Å². The lowest BCUT2D eigenvalue weighted by Gasteiger charge is -2.06. The molecule has 0 saturated carbocycles. The lowest BCUT2D eigenvalue weighted by molar-refractivity contribution is 1.32. The maximum atomic E-state index is 4.57. The molecule has 0 aliphatic carbocycles. The molecule has 0 saturated heterocycles. The zero-order valence-electron chi connectivity index (χ0n) is 10.9. The van der Waals surface area contributed by atoms with Crippen LogP contribution in [0.2, 0.25) is 0 Å². The van der Waals surface area contributed by atoms with Crippen LogP contribution in [0.15, 0.2) is 72.9 Å². The number of hydrogen-bond donors (Lipinski definition) is 0. The molecule has 1 aromatic heterocycles. The molecule has 0 radical (unpaired) electrons. The van der Waals surface area contributed by atoms with Crippen LogP contribution in [-0.2, 0) is 0 Å². The topological polar surface area (TPSA) is 12.9 Å². The smallest absolute Gasteiger partial charge is 0.0702 e. The molecule has 0 fully saturated rings. The van der Waals surface area contributed by atoms with E-state index in [1.165, 1.54) is 11.1 Å². The van der Waals surface area contributed by atoms with Crippen LogP contribution in [-0.4, -0.2) is 4.98 Å². The van der Waals surface area contributed by atoms with Crippen LogP contribution < -0.4 is 0 Å². The number of aryl methyl sites for hydroxylation is 1. The maximum Gasteiger partial charge on any atom is 0.0702 e. The van der Waals surface area contributed by atoms with Gasteiger partial charge in [-0.25, -0.2) is 0 Å². The van der Waals surface area contributed by atoms with Gasteiger partial charge in [0, 0.05) is 17.3 Å². The van der Waals surface area contributed by atoms with E-state index in [1.54, 1.807) is 0 Å². The molecule has 0 N–H and O–H groups in total. The summed E-state index contributed by atoms with van der Waals surface area (Å²) in [6.07, 6.45) is 1.95. The molecule has 1 heteroatoms. The van der Waals surface area contributed by atoms with E-state index in [-0.39, 0.29) is 0 Å². The molecule has 0 atom stereocenters. The van der Waals surface area contributed by atoms with E-state index < -0.39 is 0 Å². The van der Waals surface area contributed by atoms with Gasteiger partial charge >= 0.3 is 0 Å². The fourth-order valence-electron chi connectivity index (χ4n) is 2.23. The Morgan fingerprint density at radius 1 is 0.684 bits per heavy atom. The van der Waals surface area contributed by atoms with Crippen molar-refractivity contribution in [3.8, 4) is 22.4 Å². The Bertz CT molecular complexity index is 670. The van der Waals surface area contributed by atoms with Crippen molar-refractivity contribution in [3.63, 3.8) is 0 Å². The molecule has 92 valence electrons. The third kappa shape index (κ3) is 2.41. The van der Waals surface area contributed by atoms with E-state index in [2.05, 4.69) is 60.4 Å². The van der Waals surface area contributed by atoms with Gasteiger partial charge in [-0.3, -0.25) is 4.98 Å². The van der Waals surface area contributed by atoms with Gasteiger partial charge in [0.2, 0.25) is 0 Å². The number of hydrogen-bond acceptors (Lipinski definition) is 1. The maximum absolute atomic E-state index is 4.57. The van der Waals surface area contributed by atoms with Crippen LogP contribution in [0.4, 0.5) is 0 Å². The van der Waals surface area contributed by atoms with E-state index in [0.717, 1.165) is 16.8 Å². The second-order valence-corrected chi connectivity index (χ2v) is 4.61. The molecule has 0 unspecified atom stereocenters. The predicted octanol–water partition coefficient (Wildman–Crippen LogP) is 4.72. The Hall–Kier alpha value is -2.41. The van der Waals surface area contributed by atoms with Gasteiger partial charge < -0.3 is 0 Å². The van der Waals surface area contributed by atoms with Crippen molar-refractivity contribution in [1.29, 1.82) is 0 Å². The second-order valence-electron chi connectivity index (χ2n) is 4.61. The minimum Gasteiger partial charge on any atom is -0.256 e. The molecule has 1 nitrogen and oxygen atoms in total. The van der Waals surface area contributed by atoms with Gasteiger partial charge in [0.15, 0.2) is 0 Å². The lowest BCUT2D eigenvalue weighted by Crippen LogP contribution is -1.86. The molecule has 3 aromatic rings.